The molecule has 266 valence electrons. The van der Waals surface area contributed by atoms with Gasteiger partial charge >= 0.3 is 0 Å². The van der Waals surface area contributed by atoms with Crippen molar-refractivity contribution in [3.05, 3.63) is 165 Å². The van der Waals surface area contributed by atoms with Gasteiger partial charge in [0, 0.05) is 50.4 Å². The minimum atomic E-state index is -0.430. The summed E-state index contributed by atoms with van der Waals surface area (Å²) in [5.74, 6) is -0.0920. The van der Waals surface area contributed by atoms with Crippen LogP contribution in [0.4, 0.5) is 5.69 Å². The van der Waals surface area contributed by atoms with Crippen LogP contribution >= 0.6 is 0 Å². The molecule has 9 rings (SSSR count). The lowest BCUT2D eigenvalue weighted by Crippen LogP contribution is -1.94. The fourth-order valence-corrected chi connectivity index (χ4v) is 7.44. The minimum absolute atomic E-state index is 0.0920. The number of benzene rings is 4. The van der Waals surface area contributed by atoms with E-state index in [1.54, 1.807) is 0 Å². The Bertz CT molecular complexity index is 2870. The Balaban J connectivity index is 1.49. The van der Waals surface area contributed by atoms with Crippen LogP contribution in [0.3, 0.4) is 0 Å². The summed E-state index contributed by atoms with van der Waals surface area (Å²) in [4.78, 5) is 30.0. The second kappa shape index (κ2) is 13.3. The molecule has 0 saturated carbocycles. The number of phenols is 1. The Morgan fingerprint density at radius 3 is 1.20 bits per heavy atom. The van der Waals surface area contributed by atoms with Crippen molar-refractivity contribution >= 4 is 52.1 Å². The summed E-state index contributed by atoms with van der Waals surface area (Å²) in [6, 6.07) is 37.2. The van der Waals surface area contributed by atoms with Crippen molar-refractivity contribution in [1.82, 2.24) is 19.9 Å². The number of nitro groups is 1. The van der Waals surface area contributed by atoms with Gasteiger partial charge in [-0.2, -0.15) is 0 Å². The van der Waals surface area contributed by atoms with Crippen molar-refractivity contribution in [1.29, 1.82) is 0 Å². The summed E-state index contributed by atoms with van der Waals surface area (Å²) in [5, 5.41) is 23.2. The van der Waals surface area contributed by atoms with Gasteiger partial charge in [-0.15, -0.1) is 0 Å². The van der Waals surface area contributed by atoms with E-state index in [2.05, 4.69) is 122 Å². The zero-order chi connectivity index (χ0) is 37.8. The fourth-order valence-electron chi connectivity index (χ4n) is 7.44. The van der Waals surface area contributed by atoms with Crippen molar-refractivity contribution in [2.45, 2.75) is 20.8 Å². The van der Waals surface area contributed by atoms with Gasteiger partial charge in [0.2, 0.25) is 0 Å². The van der Waals surface area contributed by atoms with Gasteiger partial charge in [0.05, 0.1) is 33.3 Å². The third-order valence-electron chi connectivity index (χ3n) is 10.2. The van der Waals surface area contributed by atoms with E-state index in [1.165, 1.54) is 23.8 Å². The monoisotopic (exact) mass is 717 g/mol. The molecule has 3 N–H and O–H groups in total. The minimum Gasteiger partial charge on any atom is -0.508 e. The molecule has 7 aromatic rings. The molecule has 0 aliphatic carbocycles. The van der Waals surface area contributed by atoms with E-state index in [9.17, 15) is 15.2 Å². The van der Waals surface area contributed by atoms with Gasteiger partial charge in [0.15, 0.2) is 0 Å². The third-order valence-corrected chi connectivity index (χ3v) is 10.2. The lowest BCUT2D eigenvalue weighted by atomic mass is 10.0. The number of H-pyrrole nitrogens is 2. The van der Waals surface area contributed by atoms with Crippen LogP contribution in [-0.4, -0.2) is 30.0 Å². The van der Waals surface area contributed by atoms with E-state index >= 15 is 0 Å². The molecule has 3 aromatic heterocycles. The second-order valence-electron chi connectivity index (χ2n) is 14.1. The van der Waals surface area contributed by atoms with E-state index < -0.39 is 4.92 Å². The van der Waals surface area contributed by atoms with Crippen LogP contribution < -0.4 is 0 Å². The molecule has 4 aromatic carbocycles. The fraction of sp³-hybridized carbons (Fsp3) is 0.0638. The zero-order valence-corrected chi connectivity index (χ0v) is 30.4. The summed E-state index contributed by atoms with van der Waals surface area (Å²) < 4.78 is 0. The van der Waals surface area contributed by atoms with E-state index in [4.69, 9.17) is 9.97 Å². The van der Waals surface area contributed by atoms with E-state index in [0.29, 0.717) is 22.5 Å². The molecule has 2 aliphatic rings. The standard InChI is InChI=1S/C47H35N5O3/c1-27-4-10-30(11-5-27)44-35-17-19-37(48-35)45(31-12-6-28(2)7-13-31)39-21-23-41(50-39)47(34-26-33(53)16-25-43(34)52(54)55)42-24-22-40(51-42)46(38-20-18-36(44)49-38)32-14-8-29(3)9-15-32/h4-26,48,51,53H,1-3H3. The van der Waals surface area contributed by atoms with Crippen molar-refractivity contribution in [2.75, 3.05) is 0 Å². The highest BCUT2D eigenvalue weighted by Crippen LogP contribution is 2.41. The number of hydrogen-bond donors (Lipinski definition) is 3. The molecule has 0 amide bonds. The number of hydrogen-bond acceptors (Lipinski definition) is 5. The number of aryl methyl sites for hydroxylation is 3. The number of aromatic hydroxyl groups is 1. The van der Waals surface area contributed by atoms with Crippen LogP contribution in [0, 0.1) is 30.9 Å². The normalized spacial score (nSPS) is 12.0. The Kier molecular flexibility index (Phi) is 8.08. The number of aromatic nitrogens is 4. The van der Waals surface area contributed by atoms with Gasteiger partial charge in [-0.05, 0) is 98.2 Å². The summed E-state index contributed by atoms with van der Waals surface area (Å²) in [7, 11) is 0. The molecule has 0 radical (unpaired) electrons. The molecule has 55 heavy (non-hydrogen) atoms. The number of fused-ring (bicyclic) bond motifs is 8. The predicted molar refractivity (Wildman–Crippen MR) is 223 cm³/mol. The lowest BCUT2D eigenvalue weighted by molar-refractivity contribution is -0.384. The van der Waals surface area contributed by atoms with Crippen LogP contribution in [-0.2, 0) is 0 Å². The van der Waals surface area contributed by atoms with E-state index in [-0.39, 0.29) is 17.0 Å². The molecule has 5 heterocycles. The lowest BCUT2D eigenvalue weighted by Gasteiger charge is -2.08. The average molecular weight is 718 g/mol. The Hall–Kier alpha value is -7.32. The van der Waals surface area contributed by atoms with Crippen molar-refractivity contribution in [3.8, 4) is 50.3 Å². The second-order valence-corrected chi connectivity index (χ2v) is 14.1. The number of nitrogens with zero attached hydrogens (tertiary/aromatic N) is 3. The maximum absolute atomic E-state index is 12.5. The molecular formula is C47H35N5O3. The van der Waals surface area contributed by atoms with Crippen LogP contribution in [0.2, 0.25) is 0 Å². The Labute approximate surface area is 317 Å². The smallest absolute Gasteiger partial charge is 0.277 e. The van der Waals surface area contributed by atoms with Crippen LogP contribution in [0.5, 0.6) is 5.75 Å². The van der Waals surface area contributed by atoms with Gasteiger partial charge in [-0.1, -0.05) is 89.5 Å². The Morgan fingerprint density at radius 2 is 0.836 bits per heavy atom. The van der Waals surface area contributed by atoms with Crippen molar-refractivity contribution < 1.29 is 10.0 Å². The molecule has 2 aliphatic heterocycles. The molecule has 8 heteroatoms. The van der Waals surface area contributed by atoms with Crippen LogP contribution in [0.15, 0.2) is 115 Å². The van der Waals surface area contributed by atoms with Gasteiger partial charge in [-0.3, -0.25) is 10.1 Å². The molecule has 0 unspecified atom stereocenters. The van der Waals surface area contributed by atoms with E-state index in [0.717, 1.165) is 72.4 Å². The van der Waals surface area contributed by atoms with Gasteiger partial charge in [-0.25, -0.2) is 9.97 Å². The topological polar surface area (TPSA) is 121 Å². The summed E-state index contributed by atoms with van der Waals surface area (Å²) in [6.45, 7) is 6.19. The first-order chi connectivity index (χ1) is 26.7. The SMILES string of the molecule is Cc1ccc(-c2c3nc(c(-c4ccc(C)cc4)c4ccc([nH]4)c(-c4cc(O)ccc4[N+](=O)[O-])c4nc(c(-c5ccc(C)cc5)c5ccc2[nH]5)C=C4)C=C3)cc1. The van der Waals surface area contributed by atoms with Crippen LogP contribution in [0.25, 0.3) is 90.9 Å². The predicted octanol–water partition coefficient (Wildman–Crippen LogP) is 11.9. The van der Waals surface area contributed by atoms with Crippen LogP contribution in [0.1, 0.15) is 39.5 Å². The maximum atomic E-state index is 12.5. The first-order valence-electron chi connectivity index (χ1n) is 18.1. The highest BCUT2D eigenvalue weighted by Gasteiger charge is 2.23. The van der Waals surface area contributed by atoms with Crippen molar-refractivity contribution in [2.24, 2.45) is 0 Å². The zero-order valence-electron chi connectivity index (χ0n) is 30.4. The quantitative estimate of drug-likeness (QED) is 0.121. The molecule has 8 nitrogen and oxygen atoms in total. The molecule has 8 bridgehead atoms. The third kappa shape index (κ3) is 6.09. The molecule has 0 spiro atoms. The number of aromatic amines is 2. The maximum Gasteiger partial charge on any atom is 0.277 e. The number of nitro benzene ring substituents is 1. The first-order valence-corrected chi connectivity index (χ1v) is 18.1. The largest absolute Gasteiger partial charge is 0.508 e. The summed E-state index contributed by atoms with van der Waals surface area (Å²) in [6.07, 6.45) is 7.93. The van der Waals surface area contributed by atoms with E-state index in [1.807, 2.05) is 30.4 Å². The molecular weight excluding hydrogens is 683 g/mol. The summed E-state index contributed by atoms with van der Waals surface area (Å²) >= 11 is 0. The Morgan fingerprint density at radius 1 is 0.491 bits per heavy atom. The number of rotatable bonds is 5. The highest BCUT2D eigenvalue weighted by molar-refractivity contribution is 6.00. The summed E-state index contributed by atoms with van der Waals surface area (Å²) in [5.41, 5.74) is 15.5. The van der Waals surface area contributed by atoms with Gasteiger partial charge in [0.25, 0.3) is 5.69 Å². The highest BCUT2D eigenvalue weighted by atomic mass is 16.6. The first kappa shape index (κ1) is 33.5. The van der Waals surface area contributed by atoms with Gasteiger partial charge < -0.3 is 15.1 Å². The molecule has 0 atom stereocenters. The number of nitrogens with one attached hydrogen (secondary N) is 2. The molecule has 0 saturated heterocycles. The molecule has 0 fully saturated rings. The van der Waals surface area contributed by atoms with Crippen molar-refractivity contribution in [3.63, 3.8) is 0 Å². The number of phenolic OH excluding ortho intramolecular Hbond substituents is 1. The average Bonchev–Trinajstić information content (AvgIpc) is 4.01. The van der Waals surface area contributed by atoms with Gasteiger partial charge in [0.1, 0.15) is 5.75 Å².